The summed E-state index contributed by atoms with van der Waals surface area (Å²) in [6.07, 6.45) is -0.0685. The van der Waals surface area contributed by atoms with E-state index < -0.39 is 4.92 Å². The van der Waals surface area contributed by atoms with E-state index in [-0.39, 0.29) is 23.4 Å². The van der Waals surface area contributed by atoms with Crippen molar-refractivity contribution in [2.45, 2.75) is 6.42 Å². The lowest BCUT2D eigenvalue weighted by Crippen LogP contribution is -1.98. The minimum absolute atomic E-state index is 0.0685. The minimum Gasteiger partial charge on any atom is -0.495 e. The van der Waals surface area contributed by atoms with Crippen LogP contribution < -0.4 is 4.74 Å². The highest BCUT2D eigenvalue weighted by Gasteiger charge is 2.16. The second-order valence-electron chi connectivity index (χ2n) is 2.89. The molecule has 0 atom stereocenters. The topological polar surface area (TPSA) is 99.9 Å². The number of methoxy groups -OCH3 is 1. The highest BCUT2D eigenvalue weighted by molar-refractivity contribution is 5.56. The Hall–Kier alpha value is -2.60. The van der Waals surface area contributed by atoms with Crippen LogP contribution in [0.5, 0.6) is 5.75 Å². The van der Waals surface area contributed by atoms with Crippen molar-refractivity contribution in [1.82, 2.24) is 0 Å². The molecule has 80 valence electrons. The lowest BCUT2D eigenvalue weighted by molar-refractivity contribution is -0.385. The van der Waals surface area contributed by atoms with Gasteiger partial charge >= 0.3 is 0 Å². The summed E-state index contributed by atoms with van der Waals surface area (Å²) in [6, 6.07) is 6.09. The van der Waals surface area contributed by atoms with Crippen LogP contribution in [0.2, 0.25) is 0 Å². The number of hydrogen-bond acceptors (Lipinski definition) is 5. The van der Waals surface area contributed by atoms with Gasteiger partial charge in [0.05, 0.1) is 36.2 Å². The maximum atomic E-state index is 10.6. The number of nitrogens with zero attached hydrogens (tertiary/aromatic N) is 3. The first-order chi connectivity index (χ1) is 7.63. The molecule has 0 amide bonds. The number of hydrogen-bond donors (Lipinski definition) is 0. The molecular formula is C10H7N3O3. The molecular weight excluding hydrogens is 210 g/mol. The average molecular weight is 217 g/mol. The Morgan fingerprint density at radius 1 is 1.50 bits per heavy atom. The van der Waals surface area contributed by atoms with Gasteiger partial charge in [-0.05, 0) is 5.56 Å². The monoisotopic (exact) mass is 217 g/mol. The predicted molar refractivity (Wildman–Crippen MR) is 53.7 cm³/mol. The molecule has 0 heterocycles. The summed E-state index contributed by atoms with van der Waals surface area (Å²) < 4.78 is 4.88. The van der Waals surface area contributed by atoms with Crippen LogP contribution in [0.15, 0.2) is 12.1 Å². The fourth-order valence-corrected chi connectivity index (χ4v) is 1.27. The van der Waals surface area contributed by atoms with Gasteiger partial charge in [-0.15, -0.1) is 0 Å². The molecule has 0 aromatic heterocycles. The van der Waals surface area contributed by atoms with Gasteiger partial charge in [-0.3, -0.25) is 10.1 Å². The van der Waals surface area contributed by atoms with Gasteiger partial charge in [-0.1, -0.05) is 0 Å². The van der Waals surface area contributed by atoms with Gasteiger partial charge in [0, 0.05) is 6.07 Å². The molecule has 1 aromatic rings. The van der Waals surface area contributed by atoms with Crippen LogP contribution >= 0.6 is 0 Å². The largest absolute Gasteiger partial charge is 0.495 e. The van der Waals surface area contributed by atoms with Crippen molar-refractivity contribution in [3.05, 3.63) is 33.4 Å². The van der Waals surface area contributed by atoms with E-state index in [1.807, 2.05) is 12.1 Å². The lowest BCUT2D eigenvalue weighted by atomic mass is 10.0. The predicted octanol–water partition coefficient (Wildman–Crippen LogP) is 1.54. The highest BCUT2D eigenvalue weighted by Crippen LogP contribution is 2.28. The number of benzene rings is 1. The van der Waals surface area contributed by atoms with Gasteiger partial charge in [0.15, 0.2) is 0 Å². The molecule has 0 unspecified atom stereocenters. The zero-order valence-corrected chi connectivity index (χ0v) is 8.43. The molecule has 0 aliphatic carbocycles. The van der Waals surface area contributed by atoms with Crippen molar-refractivity contribution in [3.8, 4) is 17.9 Å². The van der Waals surface area contributed by atoms with Gasteiger partial charge in [0.25, 0.3) is 5.69 Å². The van der Waals surface area contributed by atoms with Crippen LogP contribution in [-0.4, -0.2) is 12.0 Å². The summed E-state index contributed by atoms with van der Waals surface area (Å²) in [6.45, 7) is 0. The van der Waals surface area contributed by atoms with Crippen LogP contribution in [0.3, 0.4) is 0 Å². The third-order valence-corrected chi connectivity index (χ3v) is 1.98. The smallest absolute Gasteiger partial charge is 0.273 e. The van der Waals surface area contributed by atoms with Crippen molar-refractivity contribution in [2.24, 2.45) is 0 Å². The molecule has 0 fully saturated rings. The molecule has 1 rings (SSSR count). The standard InChI is InChI=1S/C10H7N3O3/c1-16-10-5-8(13(14)15)4-7(2-3-11)9(10)6-12/h4-5H,2H2,1H3. The van der Waals surface area contributed by atoms with Crippen LogP contribution in [0, 0.1) is 32.8 Å². The molecule has 0 saturated carbocycles. The van der Waals surface area contributed by atoms with Gasteiger partial charge in [0.2, 0.25) is 0 Å². The maximum Gasteiger partial charge on any atom is 0.273 e. The molecule has 0 bridgehead atoms. The highest BCUT2D eigenvalue weighted by atomic mass is 16.6. The molecule has 0 radical (unpaired) electrons. The lowest BCUT2D eigenvalue weighted by Gasteiger charge is -2.05. The van der Waals surface area contributed by atoms with E-state index in [1.165, 1.54) is 19.2 Å². The molecule has 6 heteroatoms. The second-order valence-corrected chi connectivity index (χ2v) is 2.89. The minimum atomic E-state index is -0.593. The van der Waals surface area contributed by atoms with E-state index in [1.54, 1.807) is 0 Å². The van der Waals surface area contributed by atoms with Crippen molar-refractivity contribution >= 4 is 5.69 Å². The fraction of sp³-hybridized carbons (Fsp3) is 0.200. The Kier molecular flexibility index (Phi) is 3.41. The summed E-state index contributed by atoms with van der Waals surface area (Å²) in [4.78, 5) is 10.0. The van der Waals surface area contributed by atoms with E-state index in [9.17, 15) is 10.1 Å². The Bertz CT molecular complexity index is 511. The van der Waals surface area contributed by atoms with Crippen molar-refractivity contribution in [1.29, 1.82) is 10.5 Å². The molecule has 0 aliphatic rings. The fourth-order valence-electron chi connectivity index (χ4n) is 1.27. The summed E-state index contributed by atoms with van der Waals surface area (Å²) in [7, 11) is 1.32. The molecule has 16 heavy (non-hydrogen) atoms. The van der Waals surface area contributed by atoms with E-state index in [0.717, 1.165) is 0 Å². The first-order valence-electron chi connectivity index (χ1n) is 4.26. The third kappa shape index (κ3) is 2.07. The Labute approximate surface area is 91.4 Å². The molecule has 6 nitrogen and oxygen atoms in total. The van der Waals surface area contributed by atoms with Gasteiger partial charge < -0.3 is 4.74 Å². The Morgan fingerprint density at radius 2 is 2.19 bits per heavy atom. The molecule has 0 spiro atoms. The number of ether oxygens (including phenoxy) is 1. The van der Waals surface area contributed by atoms with Crippen LogP contribution in [-0.2, 0) is 6.42 Å². The van der Waals surface area contributed by atoms with E-state index in [2.05, 4.69) is 0 Å². The van der Waals surface area contributed by atoms with Gasteiger partial charge in [-0.2, -0.15) is 10.5 Å². The summed E-state index contributed by atoms with van der Waals surface area (Å²) in [5.74, 6) is 0.113. The third-order valence-electron chi connectivity index (χ3n) is 1.98. The first kappa shape index (κ1) is 11.5. The SMILES string of the molecule is COc1cc([N+](=O)[O-])cc(CC#N)c1C#N. The van der Waals surface area contributed by atoms with Gasteiger partial charge in [-0.25, -0.2) is 0 Å². The summed E-state index contributed by atoms with van der Waals surface area (Å²) in [5, 5.41) is 28.0. The van der Waals surface area contributed by atoms with Crippen molar-refractivity contribution < 1.29 is 9.66 Å². The molecule has 0 saturated heterocycles. The average Bonchev–Trinajstić information content (AvgIpc) is 2.28. The number of non-ortho nitro benzene ring substituents is 1. The Balaban J connectivity index is 3.46. The summed E-state index contributed by atoms with van der Waals surface area (Å²) >= 11 is 0. The number of rotatable bonds is 3. The molecule has 0 N–H and O–H groups in total. The normalized spacial score (nSPS) is 8.94. The van der Waals surface area contributed by atoms with Crippen LogP contribution in [0.4, 0.5) is 5.69 Å². The molecule has 0 aliphatic heterocycles. The maximum absolute atomic E-state index is 10.6. The summed E-state index contributed by atoms with van der Waals surface area (Å²) in [5.41, 5.74) is 0.270. The first-order valence-corrected chi connectivity index (χ1v) is 4.26. The van der Waals surface area contributed by atoms with Crippen LogP contribution in [0.1, 0.15) is 11.1 Å². The number of nitriles is 2. The Morgan fingerprint density at radius 3 is 2.62 bits per heavy atom. The van der Waals surface area contributed by atoms with Crippen molar-refractivity contribution in [2.75, 3.05) is 7.11 Å². The van der Waals surface area contributed by atoms with Crippen LogP contribution in [0.25, 0.3) is 0 Å². The van der Waals surface area contributed by atoms with Crippen molar-refractivity contribution in [3.63, 3.8) is 0 Å². The molecule has 1 aromatic carbocycles. The number of nitro benzene ring substituents is 1. The van der Waals surface area contributed by atoms with E-state index >= 15 is 0 Å². The number of nitro groups is 1. The van der Waals surface area contributed by atoms with E-state index in [0.29, 0.717) is 5.56 Å². The quantitative estimate of drug-likeness (QED) is 0.564. The second kappa shape index (κ2) is 4.76. The van der Waals surface area contributed by atoms with E-state index in [4.69, 9.17) is 15.3 Å². The zero-order chi connectivity index (χ0) is 12.1. The van der Waals surface area contributed by atoms with Gasteiger partial charge in [0.1, 0.15) is 11.8 Å². The zero-order valence-electron chi connectivity index (χ0n) is 8.43.